The number of rotatable bonds is 5. The third-order valence-electron chi connectivity index (χ3n) is 2.85. The quantitative estimate of drug-likeness (QED) is 0.833. The van der Waals surface area contributed by atoms with Gasteiger partial charge in [-0.3, -0.25) is 0 Å². The van der Waals surface area contributed by atoms with Gasteiger partial charge in [-0.1, -0.05) is 0 Å². The van der Waals surface area contributed by atoms with E-state index in [1.165, 1.54) is 12.7 Å². The summed E-state index contributed by atoms with van der Waals surface area (Å²) in [5.41, 5.74) is -2.72. The Balaban J connectivity index is 2.46. The lowest BCUT2D eigenvalue weighted by Crippen LogP contribution is -2.42. The van der Waals surface area contributed by atoms with Gasteiger partial charge in [-0.2, -0.15) is 5.10 Å². The molecule has 1 aromatic carbocycles. The van der Waals surface area contributed by atoms with Crippen molar-refractivity contribution in [1.29, 1.82) is 0 Å². The molecule has 0 amide bonds. The largest absolute Gasteiger partial charge is 0.464 e. The van der Waals surface area contributed by atoms with Crippen LogP contribution in [-0.4, -0.2) is 32.4 Å². The van der Waals surface area contributed by atoms with E-state index in [9.17, 15) is 18.7 Å². The van der Waals surface area contributed by atoms with Crippen LogP contribution in [0.1, 0.15) is 12.5 Å². The Morgan fingerprint density at radius 3 is 2.81 bits per heavy atom. The summed E-state index contributed by atoms with van der Waals surface area (Å²) in [5.74, 6) is -2.92. The normalized spacial score (nSPS) is 13.7. The Bertz CT molecular complexity index is 634. The van der Waals surface area contributed by atoms with Gasteiger partial charge in [0, 0.05) is 11.6 Å². The minimum absolute atomic E-state index is 0.00130. The molecule has 0 aliphatic heterocycles. The minimum Gasteiger partial charge on any atom is -0.464 e. The van der Waals surface area contributed by atoms with Crippen LogP contribution in [0, 0.1) is 11.6 Å². The zero-order valence-electron chi connectivity index (χ0n) is 11.2. The van der Waals surface area contributed by atoms with Crippen molar-refractivity contribution in [3.05, 3.63) is 48.1 Å². The van der Waals surface area contributed by atoms with E-state index in [0.29, 0.717) is 6.07 Å². The van der Waals surface area contributed by atoms with Gasteiger partial charge in [0.1, 0.15) is 24.3 Å². The van der Waals surface area contributed by atoms with Gasteiger partial charge in [0.15, 0.2) is 0 Å². The number of esters is 1. The van der Waals surface area contributed by atoms with Crippen LogP contribution in [0.15, 0.2) is 30.9 Å². The summed E-state index contributed by atoms with van der Waals surface area (Å²) in [6.45, 7) is 1.14. The van der Waals surface area contributed by atoms with E-state index >= 15 is 0 Å². The lowest BCUT2D eigenvalue weighted by molar-refractivity contribution is -0.168. The molecule has 0 aliphatic rings. The second kappa shape index (κ2) is 5.96. The average Bonchev–Trinajstić information content (AvgIpc) is 2.91. The Kier molecular flexibility index (Phi) is 4.27. The Morgan fingerprint density at radius 1 is 1.48 bits per heavy atom. The van der Waals surface area contributed by atoms with Crippen LogP contribution < -0.4 is 0 Å². The molecule has 21 heavy (non-hydrogen) atoms. The molecule has 112 valence electrons. The molecule has 0 saturated heterocycles. The van der Waals surface area contributed by atoms with Gasteiger partial charge in [0.2, 0.25) is 5.60 Å². The summed E-state index contributed by atoms with van der Waals surface area (Å²) in [7, 11) is 0. The highest BCUT2D eigenvalue weighted by Gasteiger charge is 2.42. The fourth-order valence-corrected chi connectivity index (χ4v) is 1.88. The topological polar surface area (TPSA) is 77.2 Å². The first-order valence-electron chi connectivity index (χ1n) is 6.15. The zero-order valence-corrected chi connectivity index (χ0v) is 11.2. The SMILES string of the molecule is CCOC(=O)C(O)(Cn1cncn1)c1ccc(F)cc1F. The summed E-state index contributed by atoms with van der Waals surface area (Å²) >= 11 is 0. The van der Waals surface area contributed by atoms with Crippen molar-refractivity contribution < 1.29 is 23.4 Å². The molecule has 0 fully saturated rings. The first kappa shape index (κ1) is 15.0. The van der Waals surface area contributed by atoms with E-state index in [1.807, 2.05) is 0 Å². The molecule has 1 atom stereocenters. The van der Waals surface area contributed by atoms with E-state index in [2.05, 4.69) is 10.1 Å². The number of carbonyl (C=O) groups is 1. The van der Waals surface area contributed by atoms with E-state index in [4.69, 9.17) is 4.74 Å². The van der Waals surface area contributed by atoms with Crippen molar-refractivity contribution >= 4 is 5.97 Å². The van der Waals surface area contributed by atoms with Crippen molar-refractivity contribution in [2.75, 3.05) is 6.61 Å². The number of nitrogens with zero attached hydrogens (tertiary/aromatic N) is 3. The average molecular weight is 297 g/mol. The molecular weight excluding hydrogens is 284 g/mol. The van der Waals surface area contributed by atoms with Crippen molar-refractivity contribution in [1.82, 2.24) is 14.8 Å². The lowest BCUT2D eigenvalue weighted by Gasteiger charge is -2.26. The molecule has 1 N–H and O–H groups in total. The fraction of sp³-hybridized carbons (Fsp3) is 0.308. The number of aliphatic hydroxyl groups is 1. The summed E-state index contributed by atoms with van der Waals surface area (Å²) in [6, 6.07) is 2.53. The smallest absolute Gasteiger partial charge is 0.344 e. The minimum atomic E-state index is -2.33. The van der Waals surface area contributed by atoms with E-state index in [0.717, 1.165) is 16.8 Å². The summed E-state index contributed by atoms with van der Waals surface area (Å²) in [4.78, 5) is 15.7. The highest BCUT2D eigenvalue weighted by molar-refractivity contribution is 5.81. The number of hydrogen-bond donors (Lipinski definition) is 1. The van der Waals surface area contributed by atoms with E-state index < -0.39 is 35.3 Å². The van der Waals surface area contributed by atoms with Gasteiger partial charge >= 0.3 is 5.97 Å². The molecule has 0 bridgehead atoms. The molecular formula is C13H13F2N3O3. The van der Waals surface area contributed by atoms with Crippen molar-refractivity contribution in [3.63, 3.8) is 0 Å². The van der Waals surface area contributed by atoms with Crippen LogP contribution in [0.3, 0.4) is 0 Å². The second-order valence-electron chi connectivity index (χ2n) is 4.30. The maximum absolute atomic E-state index is 13.9. The van der Waals surface area contributed by atoms with Gasteiger partial charge in [-0.05, 0) is 19.1 Å². The molecule has 0 saturated carbocycles. The number of aromatic nitrogens is 3. The van der Waals surface area contributed by atoms with Crippen LogP contribution >= 0.6 is 0 Å². The zero-order chi connectivity index (χ0) is 15.5. The first-order valence-corrected chi connectivity index (χ1v) is 6.15. The van der Waals surface area contributed by atoms with Crippen LogP contribution in [0.4, 0.5) is 8.78 Å². The monoisotopic (exact) mass is 297 g/mol. The van der Waals surface area contributed by atoms with Crippen LogP contribution in [0.2, 0.25) is 0 Å². The first-order chi connectivity index (χ1) is 9.97. The number of ether oxygens (including phenoxy) is 1. The maximum Gasteiger partial charge on any atom is 0.344 e. The molecule has 1 aromatic heterocycles. The molecule has 6 nitrogen and oxygen atoms in total. The third-order valence-corrected chi connectivity index (χ3v) is 2.85. The molecule has 0 radical (unpaired) electrons. The maximum atomic E-state index is 13.9. The predicted octanol–water partition coefficient (Wildman–Crippen LogP) is 1.01. The summed E-state index contributed by atoms with van der Waals surface area (Å²) in [5, 5.41) is 14.4. The fourth-order valence-electron chi connectivity index (χ4n) is 1.88. The highest BCUT2D eigenvalue weighted by atomic mass is 19.1. The standard InChI is InChI=1S/C13H13F2N3O3/c1-2-21-12(19)13(20,6-18-8-16-7-17-18)10-4-3-9(14)5-11(10)15/h3-5,7-8,20H,2,6H2,1H3. The lowest BCUT2D eigenvalue weighted by atomic mass is 9.93. The summed E-state index contributed by atoms with van der Waals surface area (Å²) < 4.78 is 32.9. The van der Waals surface area contributed by atoms with Gasteiger partial charge in [-0.15, -0.1) is 0 Å². The number of carbonyl (C=O) groups excluding carboxylic acids is 1. The van der Waals surface area contributed by atoms with Crippen LogP contribution in [0.25, 0.3) is 0 Å². The Labute approximate surface area is 119 Å². The molecule has 0 spiro atoms. The van der Waals surface area contributed by atoms with E-state index in [-0.39, 0.29) is 6.61 Å². The predicted molar refractivity (Wildman–Crippen MR) is 66.9 cm³/mol. The molecule has 8 heteroatoms. The van der Waals surface area contributed by atoms with Crippen molar-refractivity contribution in [3.8, 4) is 0 Å². The summed E-state index contributed by atoms with van der Waals surface area (Å²) in [6.07, 6.45) is 2.46. The van der Waals surface area contributed by atoms with Crippen LogP contribution in [-0.2, 0) is 21.7 Å². The Morgan fingerprint density at radius 2 is 2.24 bits per heavy atom. The number of benzene rings is 1. The molecule has 1 heterocycles. The Hall–Kier alpha value is -2.35. The van der Waals surface area contributed by atoms with E-state index in [1.54, 1.807) is 6.92 Å². The molecule has 1 unspecified atom stereocenters. The molecule has 0 aliphatic carbocycles. The molecule has 2 rings (SSSR count). The van der Waals surface area contributed by atoms with Crippen molar-refractivity contribution in [2.24, 2.45) is 0 Å². The third kappa shape index (κ3) is 3.05. The second-order valence-corrected chi connectivity index (χ2v) is 4.30. The van der Waals surface area contributed by atoms with Crippen LogP contribution in [0.5, 0.6) is 0 Å². The molecule has 2 aromatic rings. The van der Waals surface area contributed by atoms with Gasteiger partial charge < -0.3 is 9.84 Å². The van der Waals surface area contributed by atoms with Gasteiger partial charge in [0.05, 0.1) is 13.2 Å². The van der Waals surface area contributed by atoms with Gasteiger partial charge in [0.25, 0.3) is 0 Å². The van der Waals surface area contributed by atoms with Crippen molar-refractivity contribution in [2.45, 2.75) is 19.1 Å². The highest BCUT2D eigenvalue weighted by Crippen LogP contribution is 2.28. The van der Waals surface area contributed by atoms with Gasteiger partial charge in [-0.25, -0.2) is 23.2 Å². The number of halogens is 2. The number of hydrogen-bond acceptors (Lipinski definition) is 5.